The van der Waals surface area contributed by atoms with E-state index in [0.717, 1.165) is 17.1 Å². The third-order valence-corrected chi connectivity index (χ3v) is 6.60. The predicted octanol–water partition coefficient (Wildman–Crippen LogP) is 3.73. The number of ketones is 1. The van der Waals surface area contributed by atoms with Crippen molar-refractivity contribution in [3.05, 3.63) is 59.8 Å². The lowest BCUT2D eigenvalue weighted by molar-refractivity contribution is -0.112. The van der Waals surface area contributed by atoms with Crippen LogP contribution in [0.15, 0.2) is 62.8 Å². The molecule has 0 radical (unpaired) electrons. The van der Waals surface area contributed by atoms with Crippen LogP contribution < -0.4 is 15.1 Å². The second-order valence-corrected chi connectivity index (χ2v) is 8.64. The molecule has 0 saturated heterocycles. The number of Topliss-reactive ketones (excluding diaryl/α,β-unsaturated/α-hetero) is 1. The quantitative estimate of drug-likeness (QED) is 0.336. The van der Waals surface area contributed by atoms with Gasteiger partial charge in [-0.1, -0.05) is 35.2 Å². The van der Waals surface area contributed by atoms with Gasteiger partial charge in [-0.25, -0.2) is 0 Å². The number of hydrogen-bond donors (Lipinski definition) is 1. The number of rotatable bonds is 7. The average Bonchev–Trinajstić information content (AvgIpc) is 3.49. The molecule has 3 heterocycles. The molecule has 1 N–H and O–H groups in total. The van der Waals surface area contributed by atoms with Crippen molar-refractivity contribution in [2.75, 3.05) is 35.0 Å². The summed E-state index contributed by atoms with van der Waals surface area (Å²) < 4.78 is 5.93. The Bertz CT molecular complexity index is 1100. The van der Waals surface area contributed by atoms with E-state index < -0.39 is 0 Å². The van der Waals surface area contributed by atoms with Crippen molar-refractivity contribution >= 4 is 45.4 Å². The van der Waals surface area contributed by atoms with E-state index in [0.29, 0.717) is 21.8 Å². The number of aromatic nitrogens is 2. The van der Waals surface area contributed by atoms with E-state index in [1.807, 2.05) is 60.3 Å². The molecular formula is C20H18N6O2S2. The summed E-state index contributed by atoms with van der Waals surface area (Å²) in [6.45, 7) is 0.509. The van der Waals surface area contributed by atoms with E-state index in [1.165, 1.54) is 23.1 Å². The predicted molar refractivity (Wildman–Crippen MR) is 118 cm³/mol. The largest absolute Gasteiger partial charge is 0.467 e. The van der Waals surface area contributed by atoms with Crippen LogP contribution in [0, 0.1) is 11.3 Å². The van der Waals surface area contributed by atoms with Crippen LogP contribution in [-0.2, 0) is 11.3 Å². The molecule has 3 aromatic rings. The highest BCUT2D eigenvalue weighted by Crippen LogP contribution is 2.40. The number of allylic oxidation sites excluding steroid dienone is 1. The molecule has 2 aromatic heterocycles. The first-order valence-corrected chi connectivity index (χ1v) is 10.9. The van der Waals surface area contributed by atoms with Gasteiger partial charge in [-0.15, -0.1) is 10.2 Å². The maximum Gasteiger partial charge on any atom is 0.206 e. The lowest BCUT2D eigenvalue weighted by Crippen LogP contribution is -2.26. The highest BCUT2D eigenvalue weighted by Gasteiger charge is 2.31. The molecule has 0 bridgehead atoms. The minimum Gasteiger partial charge on any atom is -0.467 e. The smallest absolute Gasteiger partial charge is 0.206 e. The summed E-state index contributed by atoms with van der Waals surface area (Å²) in [5.41, 5.74) is 2.04. The molecule has 1 aliphatic rings. The van der Waals surface area contributed by atoms with Crippen LogP contribution in [0.1, 0.15) is 5.76 Å². The molecule has 1 aliphatic heterocycles. The molecule has 0 saturated carbocycles. The molecule has 4 rings (SSSR count). The SMILES string of the molecule is CN1C(=C(C#N)C(=O)CSc2nnc(NCc3ccco3)s2)N(C)c2ccccc21. The molecular weight excluding hydrogens is 420 g/mol. The van der Waals surface area contributed by atoms with Gasteiger partial charge in [-0.3, -0.25) is 4.79 Å². The fraction of sp³-hybridized carbons (Fsp3) is 0.200. The van der Waals surface area contributed by atoms with Crippen LogP contribution in [0.4, 0.5) is 16.5 Å². The van der Waals surface area contributed by atoms with Crippen molar-refractivity contribution in [3.8, 4) is 6.07 Å². The van der Waals surface area contributed by atoms with Gasteiger partial charge in [0.2, 0.25) is 5.13 Å². The number of benzene rings is 1. The normalized spacial score (nSPS) is 12.6. The number of fused-ring (bicyclic) bond motifs is 1. The van der Waals surface area contributed by atoms with E-state index in [9.17, 15) is 10.1 Å². The second-order valence-electron chi connectivity index (χ2n) is 6.44. The molecule has 30 heavy (non-hydrogen) atoms. The first-order chi connectivity index (χ1) is 14.6. The van der Waals surface area contributed by atoms with Crippen LogP contribution in [0.3, 0.4) is 0 Å². The van der Waals surface area contributed by atoms with Gasteiger partial charge in [0, 0.05) is 14.1 Å². The summed E-state index contributed by atoms with van der Waals surface area (Å²) >= 11 is 2.63. The molecule has 0 unspecified atom stereocenters. The lowest BCUT2D eigenvalue weighted by Gasteiger charge is -2.19. The summed E-state index contributed by atoms with van der Waals surface area (Å²) in [6, 6.07) is 13.6. The lowest BCUT2D eigenvalue weighted by atomic mass is 10.2. The van der Waals surface area contributed by atoms with Crippen LogP contribution in [-0.4, -0.2) is 35.8 Å². The van der Waals surface area contributed by atoms with Crippen molar-refractivity contribution < 1.29 is 9.21 Å². The van der Waals surface area contributed by atoms with Crippen LogP contribution in [0.5, 0.6) is 0 Å². The fourth-order valence-corrected chi connectivity index (χ4v) is 4.79. The Morgan fingerprint density at radius 2 is 1.93 bits per heavy atom. The summed E-state index contributed by atoms with van der Waals surface area (Å²) in [5, 5.41) is 21.7. The Labute approximate surface area is 181 Å². The third-order valence-electron chi connectivity index (χ3n) is 4.58. The number of furan rings is 1. The number of carbonyl (C=O) groups is 1. The van der Waals surface area contributed by atoms with Crippen molar-refractivity contribution in [1.82, 2.24) is 10.2 Å². The van der Waals surface area contributed by atoms with E-state index in [4.69, 9.17) is 4.42 Å². The molecule has 0 amide bonds. The first-order valence-electron chi connectivity index (χ1n) is 9.05. The Balaban J connectivity index is 1.42. The highest BCUT2D eigenvalue weighted by atomic mass is 32.2. The Morgan fingerprint density at radius 3 is 2.57 bits per heavy atom. The van der Waals surface area contributed by atoms with Crippen molar-refractivity contribution in [2.45, 2.75) is 10.9 Å². The number of nitriles is 1. The Morgan fingerprint density at radius 1 is 1.20 bits per heavy atom. The zero-order chi connectivity index (χ0) is 21.1. The van der Waals surface area contributed by atoms with Crippen LogP contribution in [0.25, 0.3) is 0 Å². The van der Waals surface area contributed by atoms with Gasteiger partial charge in [0.15, 0.2) is 10.1 Å². The van der Waals surface area contributed by atoms with E-state index >= 15 is 0 Å². The molecule has 0 atom stereocenters. The third kappa shape index (κ3) is 3.90. The van der Waals surface area contributed by atoms with Crippen molar-refractivity contribution in [3.63, 3.8) is 0 Å². The minimum absolute atomic E-state index is 0.108. The summed E-state index contributed by atoms with van der Waals surface area (Å²) in [5.74, 6) is 1.24. The fourth-order valence-electron chi connectivity index (χ4n) is 3.17. The summed E-state index contributed by atoms with van der Waals surface area (Å²) in [4.78, 5) is 16.6. The van der Waals surface area contributed by atoms with Gasteiger partial charge in [-0.2, -0.15) is 5.26 Å². The molecule has 152 valence electrons. The standard InChI is InChI=1S/C20H18N6O2S2/c1-25-15-7-3-4-8-16(15)26(2)18(25)14(10-21)17(27)12-29-20-24-23-19(30-20)22-11-13-6-5-9-28-13/h3-9H,11-12H2,1-2H3,(H,22,23). The number of para-hydroxylation sites is 2. The van der Waals surface area contributed by atoms with Crippen LogP contribution in [0.2, 0.25) is 0 Å². The van der Waals surface area contributed by atoms with Gasteiger partial charge in [0.25, 0.3) is 0 Å². The zero-order valence-corrected chi connectivity index (χ0v) is 18.0. The summed E-state index contributed by atoms with van der Waals surface area (Å²) in [6.07, 6.45) is 1.61. The maximum absolute atomic E-state index is 12.8. The zero-order valence-electron chi connectivity index (χ0n) is 16.3. The Kier molecular flexibility index (Phi) is 5.74. The molecule has 0 spiro atoms. The van der Waals surface area contributed by atoms with Crippen molar-refractivity contribution in [1.29, 1.82) is 5.26 Å². The number of nitrogens with zero attached hydrogens (tertiary/aromatic N) is 5. The summed E-state index contributed by atoms with van der Waals surface area (Å²) in [7, 11) is 3.72. The topological polar surface area (TPSA) is 98.3 Å². The van der Waals surface area contributed by atoms with Gasteiger partial charge >= 0.3 is 0 Å². The van der Waals surface area contributed by atoms with E-state index in [2.05, 4.69) is 21.6 Å². The average molecular weight is 439 g/mol. The van der Waals surface area contributed by atoms with Gasteiger partial charge in [0.1, 0.15) is 23.2 Å². The van der Waals surface area contributed by atoms with Gasteiger partial charge in [-0.05, 0) is 24.3 Å². The number of anilines is 3. The number of carbonyl (C=O) groups excluding carboxylic acids is 1. The van der Waals surface area contributed by atoms with E-state index in [-0.39, 0.29) is 17.1 Å². The van der Waals surface area contributed by atoms with Gasteiger partial charge < -0.3 is 19.5 Å². The van der Waals surface area contributed by atoms with E-state index in [1.54, 1.807) is 6.26 Å². The maximum atomic E-state index is 12.8. The Hall–Kier alpha value is -3.29. The first kappa shape index (κ1) is 20.0. The highest BCUT2D eigenvalue weighted by molar-refractivity contribution is 8.01. The molecule has 0 fully saturated rings. The van der Waals surface area contributed by atoms with Crippen LogP contribution >= 0.6 is 23.1 Å². The molecule has 8 nitrogen and oxygen atoms in total. The number of hydrogen-bond acceptors (Lipinski definition) is 10. The second kappa shape index (κ2) is 8.61. The monoisotopic (exact) mass is 438 g/mol. The molecule has 10 heteroatoms. The molecule has 1 aromatic carbocycles. The van der Waals surface area contributed by atoms with Gasteiger partial charge in [0.05, 0.1) is 29.9 Å². The number of thioether (sulfide) groups is 1. The minimum atomic E-state index is -0.246. The number of nitrogens with one attached hydrogen (secondary N) is 1. The molecule has 0 aliphatic carbocycles. The van der Waals surface area contributed by atoms with Crippen molar-refractivity contribution in [2.24, 2.45) is 0 Å².